The molecule has 0 bridgehead atoms. The van der Waals surface area contributed by atoms with Crippen molar-refractivity contribution in [2.75, 3.05) is 5.32 Å². The molecule has 1 aromatic carbocycles. The summed E-state index contributed by atoms with van der Waals surface area (Å²) < 4.78 is 5.82. The molecule has 6 nitrogen and oxygen atoms in total. The number of aromatic nitrogens is 4. The van der Waals surface area contributed by atoms with Crippen molar-refractivity contribution in [1.29, 1.82) is 0 Å². The van der Waals surface area contributed by atoms with E-state index in [-0.39, 0.29) is 0 Å². The minimum atomic E-state index is 0.390. The van der Waals surface area contributed by atoms with Crippen molar-refractivity contribution in [2.45, 2.75) is 6.61 Å². The van der Waals surface area contributed by atoms with Crippen LogP contribution in [0.4, 0.5) is 11.5 Å². The van der Waals surface area contributed by atoms with Gasteiger partial charge in [0.2, 0.25) is 0 Å². The highest BCUT2D eigenvalue weighted by molar-refractivity contribution is 6.29. The highest BCUT2D eigenvalue weighted by Crippen LogP contribution is 2.27. The summed E-state index contributed by atoms with van der Waals surface area (Å²) in [7, 11) is 0. The summed E-state index contributed by atoms with van der Waals surface area (Å²) in [4.78, 5) is 16.5. The Balaban J connectivity index is 1.56. The Morgan fingerprint density at radius 1 is 0.962 bits per heavy atom. The van der Waals surface area contributed by atoms with Crippen LogP contribution in [0.3, 0.4) is 0 Å². The number of hydrogen-bond acceptors (Lipinski definition) is 6. The van der Waals surface area contributed by atoms with Crippen LogP contribution in [0.15, 0.2) is 67.4 Å². The number of hydrogen-bond donors (Lipinski definition) is 1. The van der Waals surface area contributed by atoms with Crippen LogP contribution >= 0.6 is 11.6 Å². The Morgan fingerprint density at radius 3 is 2.73 bits per heavy atom. The van der Waals surface area contributed by atoms with Gasteiger partial charge in [-0.15, -0.1) is 0 Å². The Bertz CT molecular complexity index is 1020. The van der Waals surface area contributed by atoms with E-state index in [1.54, 1.807) is 24.7 Å². The summed E-state index contributed by atoms with van der Waals surface area (Å²) in [5.74, 6) is 1.51. The molecule has 0 saturated carbocycles. The normalized spacial score (nSPS) is 10.7. The van der Waals surface area contributed by atoms with Crippen molar-refractivity contribution >= 4 is 33.9 Å². The SMILES string of the molecule is Clc1ccc(Nc2nccc3cc(OCc4ccncn4)ccc23)cn1. The van der Waals surface area contributed by atoms with Crippen LogP contribution in [-0.4, -0.2) is 19.9 Å². The van der Waals surface area contributed by atoms with Gasteiger partial charge in [-0.1, -0.05) is 11.6 Å². The number of halogens is 1. The quantitative estimate of drug-likeness (QED) is 0.530. The fraction of sp³-hybridized carbons (Fsp3) is 0.0526. The average Bonchev–Trinajstić information content (AvgIpc) is 2.69. The zero-order chi connectivity index (χ0) is 17.8. The molecule has 0 amide bonds. The van der Waals surface area contributed by atoms with Crippen LogP contribution in [0.25, 0.3) is 10.8 Å². The van der Waals surface area contributed by atoms with E-state index < -0.39 is 0 Å². The molecule has 3 aromatic heterocycles. The van der Waals surface area contributed by atoms with E-state index in [4.69, 9.17) is 16.3 Å². The minimum absolute atomic E-state index is 0.390. The molecular formula is C19H14ClN5O. The topological polar surface area (TPSA) is 72.8 Å². The van der Waals surface area contributed by atoms with Gasteiger partial charge in [0.15, 0.2) is 0 Å². The predicted molar refractivity (Wildman–Crippen MR) is 101 cm³/mol. The molecule has 4 rings (SSSR count). The molecule has 128 valence electrons. The summed E-state index contributed by atoms with van der Waals surface area (Å²) in [5.41, 5.74) is 1.64. The van der Waals surface area contributed by atoms with Crippen molar-refractivity contribution in [3.8, 4) is 5.75 Å². The third-order valence-corrected chi connectivity index (χ3v) is 3.98. The Kier molecular flexibility index (Phi) is 4.57. The Morgan fingerprint density at radius 2 is 1.92 bits per heavy atom. The summed E-state index contributed by atoms with van der Waals surface area (Å²) in [5, 5.41) is 5.71. The van der Waals surface area contributed by atoms with Gasteiger partial charge in [0.1, 0.15) is 29.7 Å². The maximum atomic E-state index is 5.82. The smallest absolute Gasteiger partial charge is 0.138 e. The van der Waals surface area contributed by atoms with E-state index in [9.17, 15) is 0 Å². The summed E-state index contributed by atoms with van der Waals surface area (Å²) in [6.45, 7) is 0.390. The predicted octanol–water partition coefficient (Wildman–Crippen LogP) is 4.40. The maximum Gasteiger partial charge on any atom is 0.138 e. The van der Waals surface area contributed by atoms with Crippen molar-refractivity contribution in [1.82, 2.24) is 19.9 Å². The van der Waals surface area contributed by atoms with Crippen LogP contribution < -0.4 is 10.1 Å². The molecule has 0 fully saturated rings. The second kappa shape index (κ2) is 7.33. The highest BCUT2D eigenvalue weighted by Gasteiger charge is 2.05. The van der Waals surface area contributed by atoms with Gasteiger partial charge in [0.25, 0.3) is 0 Å². The molecule has 1 N–H and O–H groups in total. The maximum absolute atomic E-state index is 5.82. The molecule has 4 aromatic rings. The molecule has 26 heavy (non-hydrogen) atoms. The molecule has 0 saturated heterocycles. The summed E-state index contributed by atoms with van der Waals surface area (Å²) in [6, 6.07) is 13.2. The molecule has 7 heteroatoms. The van der Waals surface area contributed by atoms with Gasteiger partial charge in [-0.25, -0.2) is 19.9 Å². The van der Waals surface area contributed by atoms with Crippen molar-refractivity contribution in [3.05, 3.63) is 78.2 Å². The van der Waals surface area contributed by atoms with Gasteiger partial charge in [-0.2, -0.15) is 0 Å². The van der Waals surface area contributed by atoms with E-state index in [2.05, 4.69) is 25.3 Å². The zero-order valence-electron chi connectivity index (χ0n) is 13.6. The largest absolute Gasteiger partial charge is 0.487 e. The number of nitrogens with zero attached hydrogens (tertiary/aromatic N) is 4. The van der Waals surface area contributed by atoms with Crippen molar-refractivity contribution in [3.63, 3.8) is 0 Å². The fourth-order valence-electron chi connectivity index (χ4n) is 2.49. The summed E-state index contributed by atoms with van der Waals surface area (Å²) in [6.07, 6.45) is 6.62. The lowest BCUT2D eigenvalue weighted by Crippen LogP contribution is -1.99. The molecule has 0 radical (unpaired) electrons. The van der Waals surface area contributed by atoms with Gasteiger partial charge in [-0.3, -0.25) is 0 Å². The van der Waals surface area contributed by atoms with Gasteiger partial charge >= 0.3 is 0 Å². The average molecular weight is 364 g/mol. The van der Waals surface area contributed by atoms with Crippen LogP contribution in [-0.2, 0) is 6.61 Å². The number of rotatable bonds is 5. The van der Waals surface area contributed by atoms with Crippen LogP contribution in [0.1, 0.15) is 5.69 Å². The third kappa shape index (κ3) is 3.70. The second-order valence-corrected chi connectivity index (χ2v) is 5.91. The number of pyridine rings is 2. The lowest BCUT2D eigenvalue weighted by molar-refractivity contribution is 0.301. The lowest BCUT2D eigenvalue weighted by Gasteiger charge is -2.10. The first-order chi connectivity index (χ1) is 12.8. The van der Waals surface area contributed by atoms with Crippen molar-refractivity contribution < 1.29 is 4.74 Å². The molecular weight excluding hydrogens is 350 g/mol. The number of ether oxygens (including phenoxy) is 1. The first-order valence-electron chi connectivity index (χ1n) is 7.93. The third-order valence-electron chi connectivity index (χ3n) is 3.76. The first kappa shape index (κ1) is 16.2. The monoisotopic (exact) mass is 363 g/mol. The number of nitrogens with one attached hydrogen (secondary N) is 1. The number of fused-ring (bicyclic) bond motifs is 1. The number of benzene rings is 1. The van der Waals surface area contributed by atoms with E-state index in [1.165, 1.54) is 6.33 Å². The van der Waals surface area contributed by atoms with Crippen molar-refractivity contribution in [2.24, 2.45) is 0 Å². The van der Waals surface area contributed by atoms with E-state index in [0.29, 0.717) is 11.8 Å². The van der Waals surface area contributed by atoms with E-state index >= 15 is 0 Å². The molecule has 0 spiro atoms. The highest BCUT2D eigenvalue weighted by atomic mass is 35.5. The van der Waals surface area contributed by atoms with Gasteiger partial charge in [-0.05, 0) is 47.9 Å². The second-order valence-electron chi connectivity index (χ2n) is 5.53. The molecule has 0 unspecified atom stereocenters. The Hall–Kier alpha value is -3.25. The lowest BCUT2D eigenvalue weighted by atomic mass is 10.1. The van der Waals surface area contributed by atoms with E-state index in [1.807, 2.05) is 36.4 Å². The first-order valence-corrected chi connectivity index (χ1v) is 8.31. The van der Waals surface area contributed by atoms with Gasteiger partial charge in [0.05, 0.1) is 17.6 Å². The fourth-order valence-corrected chi connectivity index (χ4v) is 2.60. The van der Waals surface area contributed by atoms with Gasteiger partial charge in [0, 0.05) is 17.8 Å². The molecule has 0 aliphatic heterocycles. The van der Waals surface area contributed by atoms with Gasteiger partial charge < -0.3 is 10.1 Å². The summed E-state index contributed by atoms with van der Waals surface area (Å²) >= 11 is 5.82. The Labute approximate surface area is 154 Å². The molecule has 0 atom stereocenters. The van der Waals surface area contributed by atoms with Crippen LogP contribution in [0.2, 0.25) is 5.15 Å². The number of anilines is 2. The molecule has 0 aliphatic rings. The van der Waals surface area contributed by atoms with Crippen LogP contribution in [0, 0.1) is 0 Å². The molecule has 3 heterocycles. The minimum Gasteiger partial charge on any atom is -0.487 e. The zero-order valence-corrected chi connectivity index (χ0v) is 14.4. The van der Waals surface area contributed by atoms with E-state index in [0.717, 1.165) is 33.7 Å². The standard InChI is InChI=1S/C19H14ClN5O/c20-18-4-1-14(10-23-18)25-19-17-3-2-16(9-13(17)5-8-22-19)26-11-15-6-7-21-12-24-15/h1-10,12H,11H2,(H,22,25). The van der Waals surface area contributed by atoms with Crippen LogP contribution in [0.5, 0.6) is 5.75 Å². The molecule has 0 aliphatic carbocycles.